The fraction of sp³-hybridized carbons (Fsp3) is 1.00. The van der Waals surface area contributed by atoms with E-state index < -0.39 is 21.6 Å². The molecule has 4 heteroatoms. The van der Waals surface area contributed by atoms with Crippen molar-refractivity contribution in [2.45, 2.75) is 25.5 Å². The molecule has 3 unspecified atom stereocenters. The molecule has 0 aromatic heterocycles. The summed E-state index contributed by atoms with van der Waals surface area (Å²) >= 11 is 0. The lowest BCUT2D eigenvalue weighted by Crippen LogP contribution is -2.22. The topological polar surface area (TPSA) is 34.1 Å². The Bertz CT molecular complexity index is 157. The molecule has 0 heterocycles. The second-order valence-corrected chi connectivity index (χ2v) is 5.92. The largest absolute Gasteiger partial charge is 0.260 e. The third-order valence-electron chi connectivity index (χ3n) is 1.53. The Morgan fingerprint density at radius 2 is 1.82 bits per heavy atom. The van der Waals surface area contributed by atoms with Gasteiger partial charge in [-0.2, -0.15) is 0 Å². The predicted molar refractivity (Wildman–Crippen MR) is 51.7 cm³/mol. The van der Waals surface area contributed by atoms with Gasteiger partial charge in [0, 0.05) is 44.6 Å². The van der Waals surface area contributed by atoms with E-state index in [0.717, 1.165) is 6.42 Å². The van der Waals surface area contributed by atoms with E-state index in [1.165, 1.54) is 0 Å². The van der Waals surface area contributed by atoms with Gasteiger partial charge in [-0.05, 0) is 6.42 Å². The Kier molecular flexibility index (Phi) is 6.05. The van der Waals surface area contributed by atoms with Crippen molar-refractivity contribution in [1.29, 1.82) is 0 Å². The van der Waals surface area contributed by atoms with Gasteiger partial charge in [0.2, 0.25) is 0 Å². The normalized spacial score (nSPS) is 19.2. The average molecular weight is 196 g/mol. The van der Waals surface area contributed by atoms with Crippen LogP contribution in [0, 0.1) is 0 Å². The molecule has 0 aliphatic carbocycles. The quantitative estimate of drug-likeness (QED) is 0.655. The van der Waals surface area contributed by atoms with Crippen molar-refractivity contribution in [3.8, 4) is 0 Å². The summed E-state index contributed by atoms with van der Waals surface area (Å²) in [6.07, 6.45) is 2.52. The highest BCUT2D eigenvalue weighted by Gasteiger charge is 2.13. The van der Waals surface area contributed by atoms with Crippen molar-refractivity contribution >= 4 is 21.6 Å². The molecule has 0 fully saturated rings. The first-order valence-electron chi connectivity index (χ1n) is 3.79. The molecule has 0 bridgehead atoms. The van der Waals surface area contributed by atoms with Crippen LogP contribution in [0.3, 0.4) is 0 Å². The van der Waals surface area contributed by atoms with E-state index in [2.05, 4.69) is 0 Å². The fourth-order valence-electron chi connectivity index (χ4n) is 0.877. The molecule has 0 saturated heterocycles. The van der Waals surface area contributed by atoms with Crippen LogP contribution < -0.4 is 0 Å². The molecule has 0 radical (unpaired) electrons. The van der Waals surface area contributed by atoms with Crippen molar-refractivity contribution in [1.82, 2.24) is 0 Å². The van der Waals surface area contributed by atoms with Crippen LogP contribution in [0.1, 0.15) is 20.3 Å². The molecule has 0 aliphatic heterocycles. The Balaban J connectivity index is 3.94. The van der Waals surface area contributed by atoms with E-state index in [-0.39, 0.29) is 5.25 Å². The number of hydrogen-bond donors (Lipinski definition) is 0. The lowest BCUT2D eigenvalue weighted by Gasteiger charge is -2.10. The van der Waals surface area contributed by atoms with E-state index >= 15 is 0 Å². The van der Waals surface area contributed by atoms with Crippen LogP contribution in [-0.4, -0.2) is 31.4 Å². The molecule has 0 spiro atoms. The van der Waals surface area contributed by atoms with Crippen LogP contribution in [-0.2, 0) is 21.6 Å². The molecule has 0 amide bonds. The number of hydrogen-bond acceptors (Lipinski definition) is 2. The van der Waals surface area contributed by atoms with Crippen LogP contribution in [0.5, 0.6) is 0 Å². The minimum atomic E-state index is -0.811. The molecular weight excluding hydrogens is 180 g/mol. The second kappa shape index (κ2) is 5.89. The molecule has 0 saturated carbocycles. The monoisotopic (exact) mass is 196 g/mol. The summed E-state index contributed by atoms with van der Waals surface area (Å²) in [4.78, 5) is 0. The minimum absolute atomic E-state index is 0.130. The van der Waals surface area contributed by atoms with Crippen LogP contribution in [0.15, 0.2) is 0 Å². The number of rotatable bonds is 5. The molecule has 0 N–H and O–H groups in total. The smallest absolute Gasteiger partial charge is 0.0460 e. The van der Waals surface area contributed by atoms with Crippen LogP contribution >= 0.6 is 0 Å². The van der Waals surface area contributed by atoms with E-state index in [9.17, 15) is 8.42 Å². The van der Waals surface area contributed by atoms with Gasteiger partial charge in [-0.25, -0.2) is 0 Å². The van der Waals surface area contributed by atoms with E-state index in [4.69, 9.17) is 0 Å². The van der Waals surface area contributed by atoms with Crippen molar-refractivity contribution in [3.63, 3.8) is 0 Å². The van der Waals surface area contributed by atoms with E-state index in [1.54, 1.807) is 6.26 Å². The third kappa shape index (κ3) is 4.69. The maximum absolute atomic E-state index is 11.3. The van der Waals surface area contributed by atoms with Gasteiger partial charge >= 0.3 is 0 Å². The minimum Gasteiger partial charge on any atom is -0.260 e. The summed E-state index contributed by atoms with van der Waals surface area (Å²) in [6.45, 7) is 3.89. The Hall–Kier alpha value is 0.300. The average Bonchev–Trinajstić information content (AvgIpc) is 1.98. The van der Waals surface area contributed by atoms with Gasteiger partial charge in [0.05, 0.1) is 0 Å². The van der Waals surface area contributed by atoms with Gasteiger partial charge in [-0.3, -0.25) is 8.42 Å². The molecule has 68 valence electrons. The summed E-state index contributed by atoms with van der Waals surface area (Å²) < 4.78 is 22.1. The summed E-state index contributed by atoms with van der Waals surface area (Å²) in [7, 11) is -1.59. The predicted octanol–water partition coefficient (Wildman–Crippen LogP) is 0.912. The Labute approximate surface area is 73.7 Å². The molecular formula is C7H16O2S2. The lowest BCUT2D eigenvalue weighted by atomic mass is 10.4. The Morgan fingerprint density at radius 1 is 1.27 bits per heavy atom. The lowest BCUT2D eigenvalue weighted by molar-refractivity contribution is 0.665. The van der Waals surface area contributed by atoms with Crippen molar-refractivity contribution in [3.05, 3.63) is 0 Å². The van der Waals surface area contributed by atoms with Gasteiger partial charge in [0.15, 0.2) is 0 Å². The van der Waals surface area contributed by atoms with Crippen molar-refractivity contribution < 1.29 is 8.42 Å². The van der Waals surface area contributed by atoms with Crippen molar-refractivity contribution in [2.24, 2.45) is 0 Å². The van der Waals surface area contributed by atoms with Crippen LogP contribution in [0.4, 0.5) is 0 Å². The molecule has 2 nitrogen and oxygen atoms in total. The zero-order valence-electron chi connectivity index (χ0n) is 7.33. The first kappa shape index (κ1) is 11.3. The summed E-state index contributed by atoms with van der Waals surface area (Å²) in [5.41, 5.74) is 0. The summed E-state index contributed by atoms with van der Waals surface area (Å²) in [6, 6.07) is 0. The second-order valence-electron chi connectivity index (χ2n) is 2.44. The molecule has 0 aliphatic rings. The maximum Gasteiger partial charge on any atom is 0.0460 e. The highest BCUT2D eigenvalue weighted by molar-refractivity contribution is 7.88. The zero-order valence-corrected chi connectivity index (χ0v) is 8.96. The van der Waals surface area contributed by atoms with Crippen LogP contribution in [0.25, 0.3) is 0 Å². The molecule has 0 rings (SSSR count). The highest BCUT2D eigenvalue weighted by atomic mass is 32.2. The zero-order chi connectivity index (χ0) is 8.85. The van der Waals surface area contributed by atoms with E-state index in [0.29, 0.717) is 11.5 Å². The van der Waals surface area contributed by atoms with Gasteiger partial charge in [-0.15, -0.1) is 0 Å². The first-order valence-corrected chi connectivity index (χ1v) is 6.89. The Morgan fingerprint density at radius 3 is 2.09 bits per heavy atom. The van der Waals surface area contributed by atoms with E-state index in [1.807, 2.05) is 13.8 Å². The van der Waals surface area contributed by atoms with Gasteiger partial charge < -0.3 is 0 Å². The van der Waals surface area contributed by atoms with Crippen LogP contribution in [0.2, 0.25) is 0 Å². The molecule has 11 heavy (non-hydrogen) atoms. The fourth-order valence-corrected chi connectivity index (χ4v) is 3.66. The standard InChI is InChI=1S/C7H16O2S2/c1-4-7(6-10(3)8)11(9)5-2/h7H,4-6H2,1-3H3. The van der Waals surface area contributed by atoms with Crippen molar-refractivity contribution in [2.75, 3.05) is 17.8 Å². The van der Waals surface area contributed by atoms with Gasteiger partial charge in [0.1, 0.15) is 0 Å². The highest BCUT2D eigenvalue weighted by Crippen LogP contribution is 2.03. The first-order chi connectivity index (χ1) is 5.11. The SMILES string of the molecule is CCC(CS(C)=O)S(=O)CC. The summed E-state index contributed by atoms with van der Waals surface area (Å²) in [5.74, 6) is 1.26. The molecule has 0 aromatic carbocycles. The molecule has 3 atom stereocenters. The van der Waals surface area contributed by atoms with Gasteiger partial charge in [0.25, 0.3) is 0 Å². The van der Waals surface area contributed by atoms with Gasteiger partial charge in [-0.1, -0.05) is 13.8 Å². The summed E-state index contributed by atoms with van der Waals surface area (Å²) in [5, 5.41) is 0.130. The molecule has 0 aromatic rings. The maximum atomic E-state index is 11.3. The third-order valence-corrected chi connectivity index (χ3v) is 4.43.